The molecule has 3 aromatic carbocycles. The summed E-state index contributed by atoms with van der Waals surface area (Å²) in [4.78, 5) is 27.3. The summed E-state index contributed by atoms with van der Waals surface area (Å²) in [7, 11) is -3.54. The zero-order chi connectivity index (χ0) is 23.1. The molecule has 0 bridgehead atoms. The number of sulfone groups is 1. The molecule has 1 N–H and O–H groups in total. The van der Waals surface area contributed by atoms with E-state index in [1.165, 1.54) is 18.2 Å². The van der Waals surface area contributed by atoms with Crippen LogP contribution in [0.4, 0.5) is 5.69 Å². The zero-order valence-corrected chi connectivity index (χ0v) is 18.2. The van der Waals surface area contributed by atoms with Gasteiger partial charge in [0.25, 0.3) is 0 Å². The van der Waals surface area contributed by atoms with Crippen LogP contribution in [0, 0.1) is 12.3 Å². The minimum absolute atomic E-state index is 0.0151. The number of benzene rings is 3. The van der Waals surface area contributed by atoms with Crippen LogP contribution in [0.1, 0.15) is 17.2 Å². The topological polar surface area (TPSA) is 83.6 Å². The second-order valence-corrected chi connectivity index (χ2v) is 9.12. The number of nitrogens with zero attached hydrogens (tertiary/aromatic N) is 1. The lowest BCUT2D eigenvalue weighted by atomic mass is 10.0. The lowest BCUT2D eigenvalue weighted by Crippen LogP contribution is -2.43. The Morgan fingerprint density at radius 3 is 2.19 bits per heavy atom. The minimum Gasteiger partial charge on any atom is -0.350 e. The van der Waals surface area contributed by atoms with Crippen LogP contribution in [0.2, 0.25) is 0 Å². The van der Waals surface area contributed by atoms with Gasteiger partial charge in [-0.05, 0) is 35.2 Å². The highest BCUT2D eigenvalue weighted by molar-refractivity contribution is 7.90. The average molecular weight is 447 g/mol. The van der Waals surface area contributed by atoms with Crippen molar-refractivity contribution in [2.24, 2.45) is 0 Å². The number of hydrogen-bond donors (Lipinski definition) is 1. The molecule has 0 aliphatic carbocycles. The van der Waals surface area contributed by atoms with Gasteiger partial charge < -0.3 is 5.32 Å². The van der Waals surface area contributed by atoms with Crippen LogP contribution in [0.25, 0.3) is 0 Å². The van der Waals surface area contributed by atoms with Gasteiger partial charge >= 0.3 is 5.91 Å². The van der Waals surface area contributed by atoms with Crippen molar-refractivity contribution in [3.05, 3.63) is 96.1 Å². The lowest BCUT2D eigenvalue weighted by Gasteiger charge is -2.30. The summed E-state index contributed by atoms with van der Waals surface area (Å²) >= 11 is 0. The molecule has 0 spiro atoms. The number of amides is 2. The van der Waals surface area contributed by atoms with Crippen molar-refractivity contribution < 1.29 is 18.0 Å². The first kappa shape index (κ1) is 22.8. The molecule has 1 unspecified atom stereocenters. The van der Waals surface area contributed by atoms with Crippen LogP contribution in [0.3, 0.4) is 0 Å². The molecule has 7 heteroatoms. The fourth-order valence-corrected chi connectivity index (χ4v) is 3.91. The molecule has 0 heterocycles. The highest BCUT2D eigenvalue weighted by Gasteiger charge is 2.32. The molecule has 0 aliphatic rings. The quantitative estimate of drug-likeness (QED) is 0.566. The first-order chi connectivity index (χ1) is 15.3. The van der Waals surface area contributed by atoms with Crippen molar-refractivity contribution >= 4 is 27.3 Å². The fourth-order valence-electron chi connectivity index (χ4n) is 3.25. The monoisotopic (exact) mass is 446 g/mol. The van der Waals surface area contributed by atoms with Gasteiger partial charge in [0.1, 0.15) is 6.04 Å². The maximum absolute atomic E-state index is 13.3. The second-order valence-electron chi connectivity index (χ2n) is 7.11. The molecule has 0 saturated heterocycles. The van der Waals surface area contributed by atoms with Crippen LogP contribution < -0.4 is 10.2 Å². The molecule has 2 amide bonds. The number of terminal acetylenes is 1. The van der Waals surface area contributed by atoms with E-state index in [2.05, 4.69) is 11.2 Å². The highest BCUT2D eigenvalue weighted by Crippen LogP contribution is 2.29. The normalized spacial score (nSPS) is 11.8. The molecule has 162 valence electrons. The molecule has 0 saturated carbocycles. The van der Waals surface area contributed by atoms with Gasteiger partial charge in [0.05, 0.1) is 4.90 Å². The Bertz CT molecular complexity index is 1250. The Morgan fingerprint density at radius 1 is 0.969 bits per heavy atom. The van der Waals surface area contributed by atoms with Crippen molar-refractivity contribution in [1.82, 2.24) is 5.32 Å². The van der Waals surface area contributed by atoms with E-state index < -0.39 is 27.7 Å². The predicted octanol–water partition coefficient (Wildman–Crippen LogP) is 3.11. The fraction of sp³-hybridized carbons (Fsp3) is 0.120. The van der Waals surface area contributed by atoms with E-state index in [0.29, 0.717) is 5.56 Å². The standard InChI is InChI=1S/C25H22N2O4S/c1-3-23(28)27(21-15-10-16-22(17-21)32(2,30)31)24(20-13-8-5-9-14-20)25(29)26-18-19-11-6-4-7-12-19/h1,4-17,24H,18H2,2H3,(H,26,29). The molecule has 1 atom stereocenters. The predicted molar refractivity (Wildman–Crippen MR) is 123 cm³/mol. The number of carbonyl (C=O) groups excluding carboxylic acids is 2. The number of rotatable bonds is 7. The summed E-state index contributed by atoms with van der Waals surface area (Å²) in [6.07, 6.45) is 6.49. The number of carbonyl (C=O) groups is 2. The molecular weight excluding hydrogens is 424 g/mol. The average Bonchev–Trinajstić information content (AvgIpc) is 2.81. The van der Waals surface area contributed by atoms with Gasteiger partial charge in [-0.2, -0.15) is 0 Å². The molecule has 0 aromatic heterocycles. The smallest absolute Gasteiger partial charge is 0.303 e. The van der Waals surface area contributed by atoms with E-state index >= 15 is 0 Å². The maximum atomic E-state index is 13.3. The zero-order valence-electron chi connectivity index (χ0n) is 17.4. The third-order valence-corrected chi connectivity index (χ3v) is 5.91. The molecule has 0 aliphatic heterocycles. The highest BCUT2D eigenvalue weighted by atomic mass is 32.2. The lowest BCUT2D eigenvalue weighted by molar-refractivity contribution is -0.125. The van der Waals surface area contributed by atoms with Gasteiger partial charge in [-0.1, -0.05) is 66.7 Å². The Labute approximate surface area is 187 Å². The summed E-state index contributed by atoms with van der Waals surface area (Å²) in [5, 5.41) is 2.85. The van der Waals surface area contributed by atoms with Gasteiger partial charge in [-0.15, -0.1) is 6.42 Å². The first-order valence-corrected chi connectivity index (χ1v) is 11.7. The van der Waals surface area contributed by atoms with Crippen LogP contribution in [0.5, 0.6) is 0 Å². The molecular formula is C25H22N2O4S. The van der Waals surface area contributed by atoms with Gasteiger partial charge in [0.15, 0.2) is 9.84 Å². The molecule has 0 fully saturated rings. The summed E-state index contributed by atoms with van der Waals surface area (Å²) in [5.41, 5.74) is 1.63. The summed E-state index contributed by atoms with van der Waals surface area (Å²) in [5.74, 6) is 0.843. The summed E-state index contributed by atoms with van der Waals surface area (Å²) in [6.45, 7) is 0.254. The van der Waals surface area contributed by atoms with Crippen LogP contribution in [-0.2, 0) is 26.0 Å². The Kier molecular flexibility index (Phi) is 7.08. The molecule has 3 rings (SSSR count). The Balaban J connectivity index is 2.06. The maximum Gasteiger partial charge on any atom is 0.303 e. The summed E-state index contributed by atoms with van der Waals surface area (Å²) < 4.78 is 24.1. The van der Waals surface area contributed by atoms with Gasteiger partial charge in [-0.3, -0.25) is 14.5 Å². The SMILES string of the molecule is C#CC(=O)N(c1cccc(S(C)(=O)=O)c1)C(C(=O)NCc1ccccc1)c1ccccc1. The third kappa shape index (κ3) is 5.42. The van der Waals surface area contributed by atoms with E-state index in [-0.39, 0.29) is 17.1 Å². The summed E-state index contributed by atoms with van der Waals surface area (Å²) in [6, 6.07) is 22.8. The van der Waals surface area contributed by atoms with Crippen molar-refractivity contribution in [3.63, 3.8) is 0 Å². The minimum atomic E-state index is -3.54. The molecule has 32 heavy (non-hydrogen) atoms. The first-order valence-electron chi connectivity index (χ1n) is 9.78. The number of nitrogens with one attached hydrogen (secondary N) is 1. The van der Waals surface area contributed by atoms with Crippen LogP contribution in [0.15, 0.2) is 89.8 Å². The number of anilines is 1. The van der Waals surface area contributed by atoms with E-state index in [1.54, 1.807) is 36.4 Å². The van der Waals surface area contributed by atoms with E-state index in [1.807, 2.05) is 30.3 Å². The van der Waals surface area contributed by atoms with Gasteiger partial charge in [-0.25, -0.2) is 8.42 Å². The van der Waals surface area contributed by atoms with Gasteiger partial charge in [0, 0.05) is 18.5 Å². The van der Waals surface area contributed by atoms with Crippen molar-refractivity contribution in [1.29, 1.82) is 0 Å². The van der Waals surface area contributed by atoms with Crippen LogP contribution in [-0.4, -0.2) is 26.5 Å². The second kappa shape index (κ2) is 9.94. The van der Waals surface area contributed by atoms with E-state index in [4.69, 9.17) is 6.42 Å². The van der Waals surface area contributed by atoms with E-state index in [0.717, 1.165) is 16.7 Å². The van der Waals surface area contributed by atoms with Crippen molar-refractivity contribution in [3.8, 4) is 12.3 Å². The Hall–Kier alpha value is -3.89. The molecule has 0 radical (unpaired) electrons. The van der Waals surface area contributed by atoms with Crippen molar-refractivity contribution in [2.45, 2.75) is 17.5 Å². The number of hydrogen-bond acceptors (Lipinski definition) is 4. The third-order valence-electron chi connectivity index (χ3n) is 4.80. The Morgan fingerprint density at radius 2 is 1.59 bits per heavy atom. The largest absolute Gasteiger partial charge is 0.350 e. The van der Waals surface area contributed by atoms with Crippen molar-refractivity contribution in [2.75, 3.05) is 11.2 Å². The van der Waals surface area contributed by atoms with Gasteiger partial charge in [0.2, 0.25) is 5.91 Å². The molecule has 6 nitrogen and oxygen atoms in total. The molecule has 3 aromatic rings. The van der Waals surface area contributed by atoms with E-state index in [9.17, 15) is 18.0 Å². The van der Waals surface area contributed by atoms with Crippen LogP contribution >= 0.6 is 0 Å².